The Hall–Kier alpha value is -0.580. The van der Waals surface area contributed by atoms with E-state index in [2.05, 4.69) is 0 Å². The maximum atomic E-state index is 12.2. The summed E-state index contributed by atoms with van der Waals surface area (Å²) in [5, 5.41) is 0. The SMILES string of the molecule is COP(=O)(OC(C)(C)OC(=O)OC(C)C)C(C)C. The van der Waals surface area contributed by atoms with Gasteiger partial charge in [-0.15, -0.1) is 0 Å². The van der Waals surface area contributed by atoms with E-state index in [1.807, 2.05) is 0 Å². The molecule has 0 fully saturated rings. The van der Waals surface area contributed by atoms with E-state index < -0.39 is 19.5 Å². The fraction of sp³-hybridized carbons (Fsp3) is 0.909. The van der Waals surface area contributed by atoms with Crippen LogP contribution in [0.3, 0.4) is 0 Å². The number of carbonyl (C=O) groups is 1. The molecule has 0 saturated carbocycles. The van der Waals surface area contributed by atoms with Crippen molar-refractivity contribution in [3.05, 3.63) is 0 Å². The van der Waals surface area contributed by atoms with E-state index in [1.54, 1.807) is 27.7 Å². The van der Waals surface area contributed by atoms with Crippen molar-refractivity contribution in [3.8, 4) is 0 Å². The van der Waals surface area contributed by atoms with E-state index in [1.165, 1.54) is 21.0 Å². The zero-order chi connectivity index (χ0) is 14.6. The maximum Gasteiger partial charge on any atom is 0.511 e. The summed E-state index contributed by atoms with van der Waals surface area (Å²) in [5.74, 6) is -1.39. The van der Waals surface area contributed by atoms with Gasteiger partial charge in [0.05, 0.1) is 11.8 Å². The first-order valence-electron chi connectivity index (χ1n) is 5.78. The van der Waals surface area contributed by atoms with E-state index in [4.69, 9.17) is 18.5 Å². The highest BCUT2D eigenvalue weighted by Crippen LogP contribution is 2.55. The predicted octanol–water partition coefficient (Wildman–Crippen LogP) is 3.55. The lowest BCUT2D eigenvalue weighted by Gasteiger charge is -2.30. The summed E-state index contributed by atoms with van der Waals surface area (Å²) in [5.41, 5.74) is -0.341. The molecule has 0 radical (unpaired) electrons. The lowest BCUT2D eigenvalue weighted by Crippen LogP contribution is -2.32. The van der Waals surface area contributed by atoms with Crippen LogP contribution >= 0.6 is 7.60 Å². The van der Waals surface area contributed by atoms with Gasteiger partial charge in [-0.25, -0.2) is 4.79 Å². The first kappa shape index (κ1) is 17.4. The molecule has 7 heteroatoms. The van der Waals surface area contributed by atoms with Crippen LogP contribution in [0, 0.1) is 0 Å². The second-order valence-electron chi connectivity index (χ2n) is 4.83. The number of ether oxygens (including phenoxy) is 2. The Morgan fingerprint density at radius 1 is 1.17 bits per heavy atom. The number of hydrogen-bond acceptors (Lipinski definition) is 6. The van der Waals surface area contributed by atoms with Gasteiger partial charge in [-0.3, -0.25) is 9.09 Å². The van der Waals surface area contributed by atoms with E-state index >= 15 is 0 Å². The number of carbonyl (C=O) groups excluding carboxylic acids is 1. The smallest absolute Gasteiger partial charge is 0.432 e. The first-order chi connectivity index (χ1) is 8.02. The Labute approximate surface area is 108 Å². The van der Waals surface area contributed by atoms with E-state index in [0.717, 1.165) is 0 Å². The van der Waals surface area contributed by atoms with E-state index in [-0.39, 0.29) is 11.8 Å². The molecule has 0 bridgehead atoms. The van der Waals surface area contributed by atoms with Gasteiger partial charge in [0.25, 0.3) is 0 Å². The molecule has 0 aromatic rings. The van der Waals surface area contributed by atoms with Crippen LogP contribution in [-0.4, -0.2) is 30.8 Å². The lowest BCUT2D eigenvalue weighted by atomic mass is 10.4. The Kier molecular flexibility index (Phi) is 6.34. The standard InChI is InChI=1S/C11H23O6P/c1-8(2)15-10(12)16-11(5,6)17-18(13,14-7)9(3)4/h8-9H,1-7H3. The third-order valence-corrected chi connectivity index (χ3v) is 4.36. The van der Waals surface area contributed by atoms with Crippen LogP contribution in [0.5, 0.6) is 0 Å². The molecular weight excluding hydrogens is 259 g/mol. The van der Waals surface area contributed by atoms with Gasteiger partial charge >= 0.3 is 13.8 Å². The van der Waals surface area contributed by atoms with Crippen molar-refractivity contribution >= 4 is 13.8 Å². The van der Waals surface area contributed by atoms with Gasteiger partial charge in [-0.05, 0) is 13.8 Å². The highest BCUT2D eigenvalue weighted by Gasteiger charge is 2.38. The molecule has 18 heavy (non-hydrogen) atoms. The van der Waals surface area contributed by atoms with Crippen LogP contribution in [0.1, 0.15) is 41.5 Å². The molecule has 0 N–H and O–H groups in total. The molecule has 0 amide bonds. The van der Waals surface area contributed by atoms with Crippen molar-refractivity contribution in [1.29, 1.82) is 0 Å². The fourth-order valence-corrected chi connectivity index (χ4v) is 2.45. The minimum absolute atomic E-state index is 0.298. The van der Waals surface area contributed by atoms with Gasteiger partial charge in [-0.2, -0.15) is 0 Å². The summed E-state index contributed by atoms with van der Waals surface area (Å²) in [7, 11) is -2.02. The summed E-state index contributed by atoms with van der Waals surface area (Å²) >= 11 is 0. The van der Waals surface area contributed by atoms with Crippen LogP contribution in [0.25, 0.3) is 0 Å². The van der Waals surface area contributed by atoms with E-state index in [9.17, 15) is 9.36 Å². The monoisotopic (exact) mass is 282 g/mol. The average Bonchev–Trinajstić information content (AvgIpc) is 2.13. The minimum atomic E-state index is -3.32. The molecule has 1 unspecified atom stereocenters. The Balaban J connectivity index is 4.65. The van der Waals surface area contributed by atoms with Gasteiger partial charge in [0.1, 0.15) is 0 Å². The molecule has 6 nitrogen and oxygen atoms in total. The summed E-state index contributed by atoms with van der Waals surface area (Å²) in [6.45, 7) is 9.75. The molecule has 0 spiro atoms. The topological polar surface area (TPSA) is 71.1 Å². The average molecular weight is 282 g/mol. The highest BCUT2D eigenvalue weighted by molar-refractivity contribution is 7.54. The van der Waals surface area contributed by atoms with E-state index in [0.29, 0.717) is 0 Å². The van der Waals surface area contributed by atoms with Crippen molar-refractivity contribution in [2.45, 2.75) is 59.1 Å². The molecule has 108 valence electrons. The van der Waals surface area contributed by atoms with Gasteiger partial charge in [-0.1, -0.05) is 13.8 Å². The third-order valence-electron chi connectivity index (χ3n) is 1.90. The van der Waals surface area contributed by atoms with Crippen molar-refractivity contribution in [3.63, 3.8) is 0 Å². The van der Waals surface area contributed by atoms with Gasteiger partial charge in [0, 0.05) is 21.0 Å². The Morgan fingerprint density at radius 3 is 2.00 bits per heavy atom. The minimum Gasteiger partial charge on any atom is -0.432 e. The number of hydrogen-bond donors (Lipinski definition) is 0. The first-order valence-corrected chi connectivity index (χ1v) is 7.39. The molecule has 0 aliphatic carbocycles. The van der Waals surface area contributed by atoms with Crippen LogP contribution in [0.2, 0.25) is 0 Å². The molecule has 0 saturated heterocycles. The number of rotatable bonds is 6. The summed E-state index contributed by atoms with van der Waals surface area (Å²) in [6.07, 6.45) is -1.17. The molecule has 0 heterocycles. The van der Waals surface area contributed by atoms with Crippen LogP contribution in [0.15, 0.2) is 0 Å². The molecule has 0 aromatic carbocycles. The fourth-order valence-electron chi connectivity index (χ4n) is 1.10. The summed E-state index contributed by atoms with van der Waals surface area (Å²) in [6, 6.07) is 0. The van der Waals surface area contributed by atoms with Crippen LogP contribution in [0.4, 0.5) is 4.79 Å². The normalized spacial score (nSPS) is 15.6. The van der Waals surface area contributed by atoms with Crippen molar-refractivity contribution < 1.29 is 27.9 Å². The molecule has 0 aliphatic rings. The molecule has 0 aliphatic heterocycles. The quantitative estimate of drug-likeness (QED) is 0.421. The molecule has 0 rings (SSSR count). The lowest BCUT2D eigenvalue weighted by molar-refractivity contribution is -0.139. The molecule has 1 atom stereocenters. The Bertz CT molecular complexity index is 323. The largest absolute Gasteiger partial charge is 0.511 e. The third kappa shape index (κ3) is 5.85. The Morgan fingerprint density at radius 2 is 1.67 bits per heavy atom. The second-order valence-corrected chi connectivity index (χ2v) is 7.49. The summed E-state index contributed by atoms with van der Waals surface area (Å²) in [4.78, 5) is 11.4. The van der Waals surface area contributed by atoms with Crippen LogP contribution < -0.4 is 0 Å². The second kappa shape index (κ2) is 6.55. The van der Waals surface area contributed by atoms with Crippen molar-refractivity contribution in [2.24, 2.45) is 0 Å². The maximum absolute atomic E-state index is 12.2. The van der Waals surface area contributed by atoms with Gasteiger partial charge < -0.3 is 14.0 Å². The zero-order valence-electron chi connectivity index (χ0n) is 12.1. The van der Waals surface area contributed by atoms with Crippen molar-refractivity contribution in [1.82, 2.24) is 0 Å². The molecular formula is C11H23O6P. The highest BCUT2D eigenvalue weighted by atomic mass is 31.2. The van der Waals surface area contributed by atoms with Crippen molar-refractivity contribution in [2.75, 3.05) is 7.11 Å². The summed E-state index contributed by atoms with van der Waals surface area (Å²) < 4.78 is 32.2. The van der Waals surface area contributed by atoms with Gasteiger partial charge in [0.15, 0.2) is 0 Å². The zero-order valence-corrected chi connectivity index (χ0v) is 12.9. The van der Waals surface area contributed by atoms with Gasteiger partial charge in [0.2, 0.25) is 5.79 Å². The van der Waals surface area contributed by atoms with Crippen LogP contribution in [-0.2, 0) is 23.1 Å². The predicted molar refractivity (Wildman–Crippen MR) is 67.6 cm³/mol. The molecule has 0 aromatic heterocycles.